The van der Waals surface area contributed by atoms with E-state index in [1.54, 1.807) is 0 Å². The Labute approximate surface area is 110 Å². The molecule has 0 aromatic rings. The number of hydrogen-bond donors (Lipinski definition) is 0. The zero-order chi connectivity index (χ0) is 6.57. The van der Waals surface area contributed by atoms with Crippen molar-refractivity contribution >= 4 is 29.2 Å². The molecule has 0 bridgehead atoms. The topological polar surface area (TPSA) is 3.24 Å². The van der Waals surface area contributed by atoms with E-state index in [0.717, 1.165) is 13.1 Å². The summed E-state index contributed by atoms with van der Waals surface area (Å²) in [6.07, 6.45) is 0. The van der Waals surface area contributed by atoms with Crippen LogP contribution in [0.5, 0.6) is 0 Å². The Bertz CT molecular complexity index is 83.0. The van der Waals surface area contributed by atoms with Crippen LogP contribution in [0.2, 0.25) is 0 Å². The predicted octanol–water partition coefficient (Wildman–Crippen LogP) is -1.84. The molecule has 48 valence electrons. The standard InChI is InChI=1S/C5H11NS2.K/c1-3-6(4-2)5(7)8;/h3-4H2,1-2H3,(H,7,8);/q;+1/p-1. The second kappa shape index (κ2) is 7.85. The van der Waals surface area contributed by atoms with Crippen molar-refractivity contribution in [3.8, 4) is 0 Å². The van der Waals surface area contributed by atoms with Crippen LogP contribution in [0.3, 0.4) is 0 Å². The van der Waals surface area contributed by atoms with E-state index in [1.807, 2.05) is 18.7 Å². The SMILES string of the molecule is CCN(CC)C(=S)[S-].[K+]. The Kier molecular flexibility index (Phi) is 11.6. The largest absolute Gasteiger partial charge is 1.00 e. The van der Waals surface area contributed by atoms with Gasteiger partial charge in [0.2, 0.25) is 0 Å². The van der Waals surface area contributed by atoms with Crippen molar-refractivity contribution in [2.75, 3.05) is 13.1 Å². The van der Waals surface area contributed by atoms with E-state index in [4.69, 9.17) is 24.8 Å². The van der Waals surface area contributed by atoms with Crippen molar-refractivity contribution in [2.24, 2.45) is 0 Å². The summed E-state index contributed by atoms with van der Waals surface area (Å²) < 4.78 is 0.579. The van der Waals surface area contributed by atoms with Crippen molar-refractivity contribution < 1.29 is 51.4 Å². The molecule has 0 saturated heterocycles. The average molecular weight is 187 g/mol. The van der Waals surface area contributed by atoms with Crippen LogP contribution < -0.4 is 51.4 Å². The molecule has 0 unspecified atom stereocenters. The van der Waals surface area contributed by atoms with E-state index in [2.05, 4.69) is 0 Å². The molecule has 0 N–H and O–H groups in total. The van der Waals surface area contributed by atoms with Gasteiger partial charge in [0.25, 0.3) is 0 Å². The molecule has 9 heavy (non-hydrogen) atoms. The third-order valence-electron chi connectivity index (χ3n) is 1.02. The monoisotopic (exact) mass is 187 g/mol. The van der Waals surface area contributed by atoms with Crippen molar-refractivity contribution in [1.82, 2.24) is 4.90 Å². The van der Waals surface area contributed by atoms with Crippen LogP contribution in [0.25, 0.3) is 0 Å². The summed E-state index contributed by atoms with van der Waals surface area (Å²) >= 11 is 9.51. The van der Waals surface area contributed by atoms with E-state index in [1.165, 1.54) is 0 Å². The van der Waals surface area contributed by atoms with Crippen molar-refractivity contribution in [3.63, 3.8) is 0 Å². The first kappa shape index (κ1) is 13.3. The van der Waals surface area contributed by atoms with Gasteiger partial charge in [0.05, 0.1) is 0 Å². The van der Waals surface area contributed by atoms with Gasteiger partial charge in [0, 0.05) is 13.1 Å². The molecule has 0 spiro atoms. The van der Waals surface area contributed by atoms with Gasteiger partial charge in [0.1, 0.15) is 0 Å². The minimum atomic E-state index is 0. The molecule has 0 radical (unpaired) electrons. The van der Waals surface area contributed by atoms with Gasteiger partial charge in [-0.1, -0.05) is 4.32 Å². The Morgan fingerprint density at radius 3 is 1.78 bits per heavy atom. The van der Waals surface area contributed by atoms with Crippen LogP contribution in [0.4, 0.5) is 0 Å². The molecule has 0 amide bonds. The summed E-state index contributed by atoms with van der Waals surface area (Å²) in [5.41, 5.74) is 0. The summed E-state index contributed by atoms with van der Waals surface area (Å²) in [5, 5.41) is 0. The van der Waals surface area contributed by atoms with Gasteiger partial charge in [0.15, 0.2) is 0 Å². The number of thiocarbonyl (C=S) groups is 1. The normalized spacial score (nSPS) is 7.78. The Morgan fingerprint density at radius 1 is 1.44 bits per heavy atom. The Morgan fingerprint density at radius 2 is 1.78 bits per heavy atom. The maximum Gasteiger partial charge on any atom is 1.00 e. The summed E-state index contributed by atoms with van der Waals surface area (Å²) in [4.78, 5) is 1.96. The number of nitrogens with zero attached hydrogens (tertiary/aromatic N) is 1. The molecular formula is C5H10KNS2. The van der Waals surface area contributed by atoms with Gasteiger partial charge in [-0.3, -0.25) is 0 Å². The second-order valence-electron chi connectivity index (χ2n) is 1.44. The van der Waals surface area contributed by atoms with Crippen LogP contribution >= 0.6 is 12.2 Å². The van der Waals surface area contributed by atoms with Gasteiger partial charge in [-0.15, -0.1) is 0 Å². The zero-order valence-electron chi connectivity index (χ0n) is 6.18. The molecular weight excluding hydrogens is 177 g/mol. The Balaban J connectivity index is 0. The first-order chi connectivity index (χ1) is 3.72. The summed E-state index contributed by atoms with van der Waals surface area (Å²) in [6, 6.07) is 0. The maximum absolute atomic E-state index is 4.76. The Hall–Kier alpha value is 1.75. The molecule has 1 nitrogen and oxygen atoms in total. The maximum atomic E-state index is 4.76. The molecule has 0 aromatic heterocycles. The van der Waals surface area contributed by atoms with Crippen LogP contribution in [0.15, 0.2) is 0 Å². The van der Waals surface area contributed by atoms with Crippen LogP contribution in [-0.4, -0.2) is 22.3 Å². The minimum Gasteiger partial charge on any atom is -0.411 e. The quantitative estimate of drug-likeness (QED) is 0.284. The van der Waals surface area contributed by atoms with E-state index >= 15 is 0 Å². The van der Waals surface area contributed by atoms with Gasteiger partial charge >= 0.3 is 51.4 Å². The summed E-state index contributed by atoms with van der Waals surface area (Å²) in [6.45, 7) is 5.95. The minimum absolute atomic E-state index is 0. The molecule has 0 saturated carbocycles. The van der Waals surface area contributed by atoms with E-state index in [-0.39, 0.29) is 51.4 Å². The van der Waals surface area contributed by atoms with Crippen LogP contribution in [0.1, 0.15) is 13.8 Å². The first-order valence-electron chi connectivity index (χ1n) is 2.68. The van der Waals surface area contributed by atoms with Crippen molar-refractivity contribution in [2.45, 2.75) is 13.8 Å². The molecule has 0 fully saturated rings. The van der Waals surface area contributed by atoms with Crippen LogP contribution in [0, 0.1) is 0 Å². The smallest absolute Gasteiger partial charge is 0.411 e. The second-order valence-corrected chi connectivity index (χ2v) is 2.47. The van der Waals surface area contributed by atoms with Gasteiger partial charge < -0.3 is 29.7 Å². The number of hydrogen-bond acceptors (Lipinski definition) is 2. The van der Waals surface area contributed by atoms with Crippen molar-refractivity contribution in [1.29, 1.82) is 0 Å². The van der Waals surface area contributed by atoms with Gasteiger partial charge in [-0.2, -0.15) is 0 Å². The molecule has 4 heteroatoms. The van der Waals surface area contributed by atoms with Gasteiger partial charge in [-0.25, -0.2) is 0 Å². The molecule has 0 aliphatic carbocycles. The predicted molar refractivity (Wildman–Crippen MR) is 42.9 cm³/mol. The molecule has 0 aliphatic heterocycles. The van der Waals surface area contributed by atoms with Crippen LogP contribution in [-0.2, 0) is 12.6 Å². The molecule has 0 rings (SSSR count). The van der Waals surface area contributed by atoms with Gasteiger partial charge in [-0.05, 0) is 13.8 Å². The fraction of sp³-hybridized carbons (Fsp3) is 0.800. The van der Waals surface area contributed by atoms with E-state index in [9.17, 15) is 0 Å². The van der Waals surface area contributed by atoms with E-state index < -0.39 is 0 Å². The summed E-state index contributed by atoms with van der Waals surface area (Å²) in [5.74, 6) is 0. The van der Waals surface area contributed by atoms with E-state index in [0.29, 0.717) is 4.32 Å². The molecule has 0 atom stereocenters. The molecule has 0 heterocycles. The average Bonchev–Trinajstić information content (AvgIpc) is 1.69. The first-order valence-corrected chi connectivity index (χ1v) is 3.50. The fourth-order valence-electron chi connectivity index (χ4n) is 0.482. The third-order valence-corrected chi connectivity index (χ3v) is 1.54. The third kappa shape index (κ3) is 6.16. The fourth-order valence-corrected chi connectivity index (χ4v) is 0.998. The zero-order valence-corrected chi connectivity index (χ0v) is 10.9. The van der Waals surface area contributed by atoms with Crippen molar-refractivity contribution in [3.05, 3.63) is 0 Å². The summed E-state index contributed by atoms with van der Waals surface area (Å²) in [7, 11) is 0. The number of rotatable bonds is 2. The molecule has 0 aromatic carbocycles. The molecule has 0 aliphatic rings.